The minimum Gasteiger partial charge on any atom is -0.452 e. The van der Waals surface area contributed by atoms with Gasteiger partial charge in [0.05, 0.1) is 10.5 Å². The summed E-state index contributed by atoms with van der Waals surface area (Å²) in [6.07, 6.45) is 0. The molecule has 0 radical (unpaired) electrons. The van der Waals surface area contributed by atoms with Gasteiger partial charge in [-0.25, -0.2) is 13.2 Å². The molecule has 0 aromatic heterocycles. The van der Waals surface area contributed by atoms with Crippen LogP contribution < -0.4 is 10.0 Å². The Kier molecular flexibility index (Phi) is 6.25. The summed E-state index contributed by atoms with van der Waals surface area (Å²) in [5.41, 5.74) is 1.16. The fraction of sp³-hybridized carbons (Fsp3) is 0.0476. The fourth-order valence-corrected chi connectivity index (χ4v) is 3.48. The minimum absolute atomic E-state index is 0.000256. The van der Waals surface area contributed by atoms with E-state index < -0.39 is 28.5 Å². The first-order valence-corrected chi connectivity index (χ1v) is 10.1. The molecule has 7 nitrogen and oxygen atoms in total. The Bertz CT molecular complexity index is 1080. The summed E-state index contributed by atoms with van der Waals surface area (Å²) in [6.45, 7) is -0.455. The lowest BCUT2D eigenvalue weighted by Crippen LogP contribution is -2.21. The van der Waals surface area contributed by atoms with Gasteiger partial charge >= 0.3 is 5.97 Å². The number of nitrogens with one attached hydrogen (secondary N) is 2. The van der Waals surface area contributed by atoms with E-state index in [1.54, 1.807) is 54.6 Å². The van der Waals surface area contributed by atoms with Gasteiger partial charge in [0.2, 0.25) is 0 Å². The van der Waals surface area contributed by atoms with Crippen molar-refractivity contribution >= 4 is 33.3 Å². The number of sulfonamides is 1. The number of ether oxygens (including phenoxy) is 1. The third kappa shape index (κ3) is 5.66. The lowest BCUT2D eigenvalue weighted by atomic mass is 10.2. The van der Waals surface area contributed by atoms with Crippen LogP contribution in [0, 0.1) is 0 Å². The lowest BCUT2D eigenvalue weighted by molar-refractivity contribution is -0.119. The molecular formula is C21H18N2O5S. The maximum absolute atomic E-state index is 12.4. The average molecular weight is 410 g/mol. The van der Waals surface area contributed by atoms with E-state index in [4.69, 9.17) is 4.74 Å². The third-order valence-electron chi connectivity index (χ3n) is 3.82. The van der Waals surface area contributed by atoms with E-state index in [2.05, 4.69) is 10.0 Å². The zero-order chi connectivity index (χ0) is 20.7. The number of hydrogen-bond acceptors (Lipinski definition) is 5. The quantitative estimate of drug-likeness (QED) is 0.582. The van der Waals surface area contributed by atoms with Crippen molar-refractivity contribution in [3.63, 3.8) is 0 Å². The molecule has 8 heteroatoms. The number of rotatable bonds is 7. The van der Waals surface area contributed by atoms with E-state index in [0.29, 0.717) is 11.4 Å². The molecule has 0 heterocycles. The third-order valence-corrected chi connectivity index (χ3v) is 5.22. The Morgan fingerprint density at radius 2 is 1.31 bits per heavy atom. The van der Waals surface area contributed by atoms with Crippen LogP contribution >= 0.6 is 0 Å². The van der Waals surface area contributed by atoms with Crippen molar-refractivity contribution in [2.75, 3.05) is 16.6 Å². The average Bonchev–Trinajstić information content (AvgIpc) is 2.73. The van der Waals surface area contributed by atoms with E-state index in [-0.39, 0.29) is 10.5 Å². The minimum atomic E-state index is -3.78. The summed E-state index contributed by atoms with van der Waals surface area (Å²) >= 11 is 0. The predicted octanol–water partition coefficient (Wildman–Crippen LogP) is 3.28. The molecule has 0 atom stereocenters. The standard InChI is InChI=1S/C21H18N2O5S/c24-20(22-17-7-3-1-4-8-17)15-28-21(25)16-11-13-19(14-12-16)29(26,27)23-18-9-5-2-6-10-18/h1-14,23H,15H2,(H,22,24). The molecule has 3 rings (SSSR count). The first-order valence-electron chi connectivity index (χ1n) is 8.64. The summed E-state index contributed by atoms with van der Waals surface area (Å²) in [5, 5.41) is 2.60. The number of carbonyl (C=O) groups excluding carboxylic acids is 2. The van der Waals surface area contributed by atoms with Crippen molar-refractivity contribution in [1.82, 2.24) is 0 Å². The number of carbonyl (C=O) groups is 2. The molecule has 0 fully saturated rings. The summed E-state index contributed by atoms with van der Waals surface area (Å²) in [7, 11) is -3.78. The van der Waals surface area contributed by atoms with Crippen LogP contribution in [0.4, 0.5) is 11.4 Å². The first kappa shape index (κ1) is 20.1. The Balaban J connectivity index is 1.57. The topological polar surface area (TPSA) is 102 Å². The van der Waals surface area contributed by atoms with Gasteiger partial charge in [0.25, 0.3) is 15.9 Å². The van der Waals surface area contributed by atoms with Crippen LogP contribution in [0.2, 0.25) is 0 Å². The second-order valence-corrected chi connectivity index (χ2v) is 7.67. The molecule has 0 aliphatic carbocycles. The van der Waals surface area contributed by atoms with Crippen molar-refractivity contribution in [2.24, 2.45) is 0 Å². The molecule has 0 saturated carbocycles. The Hall–Kier alpha value is -3.65. The molecule has 3 aromatic carbocycles. The van der Waals surface area contributed by atoms with Crippen LogP contribution in [0.15, 0.2) is 89.8 Å². The largest absolute Gasteiger partial charge is 0.452 e. The summed E-state index contributed by atoms with van der Waals surface area (Å²) < 4.78 is 32.2. The van der Waals surface area contributed by atoms with Gasteiger partial charge in [0.1, 0.15) is 0 Å². The van der Waals surface area contributed by atoms with E-state index in [9.17, 15) is 18.0 Å². The van der Waals surface area contributed by atoms with Crippen molar-refractivity contribution in [3.8, 4) is 0 Å². The van der Waals surface area contributed by atoms with Gasteiger partial charge < -0.3 is 10.1 Å². The van der Waals surface area contributed by atoms with Crippen LogP contribution in [-0.2, 0) is 19.6 Å². The van der Waals surface area contributed by atoms with Gasteiger partial charge in [-0.05, 0) is 48.5 Å². The summed E-state index contributed by atoms with van der Waals surface area (Å²) in [5.74, 6) is -1.20. The monoisotopic (exact) mass is 410 g/mol. The lowest BCUT2D eigenvalue weighted by Gasteiger charge is -2.09. The molecule has 2 N–H and O–H groups in total. The van der Waals surface area contributed by atoms with Crippen molar-refractivity contribution < 1.29 is 22.7 Å². The Labute approximate surface area is 168 Å². The van der Waals surface area contributed by atoms with Gasteiger partial charge in [-0.3, -0.25) is 9.52 Å². The fourth-order valence-electron chi connectivity index (χ4n) is 2.42. The first-order chi connectivity index (χ1) is 13.9. The van der Waals surface area contributed by atoms with Crippen molar-refractivity contribution in [3.05, 3.63) is 90.5 Å². The normalized spacial score (nSPS) is 10.8. The second-order valence-electron chi connectivity index (χ2n) is 5.99. The molecule has 0 unspecified atom stereocenters. The molecular weight excluding hydrogens is 392 g/mol. The van der Waals surface area contributed by atoms with Crippen LogP contribution in [-0.4, -0.2) is 26.9 Å². The molecule has 0 aliphatic rings. The van der Waals surface area contributed by atoms with Crippen LogP contribution in [0.3, 0.4) is 0 Å². The van der Waals surface area contributed by atoms with Crippen LogP contribution in [0.1, 0.15) is 10.4 Å². The van der Waals surface area contributed by atoms with Gasteiger partial charge in [-0.1, -0.05) is 36.4 Å². The Morgan fingerprint density at radius 3 is 1.90 bits per heavy atom. The molecule has 0 bridgehead atoms. The zero-order valence-electron chi connectivity index (χ0n) is 15.2. The molecule has 0 aliphatic heterocycles. The smallest absolute Gasteiger partial charge is 0.338 e. The number of hydrogen-bond donors (Lipinski definition) is 2. The molecule has 1 amide bonds. The van der Waals surface area contributed by atoms with E-state index in [1.165, 1.54) is 24.3 Å². The maximum Gasteiger partial charge on any atom is 0.338 e. The summed E-state index contributed by atoms with van der Waals surface area (Å²) in [4.78, 5) is 23.9. The number of esters is 1. The van der Waals surface area contributed by atoms with Gasteiger partial charge in [0.15, 0.2) is 6.61 Å². The molecule has 29 heavy (non-hydrogen) atoms. The second kappa shape index (κ2) is 9.03. The van der Waals surface area contributed by atoms with Crippen LogP contribution in [0.5, 0.6) is 0 Å². The molecule has 0 saturated heterocycles. The van der Waals surface area contributed by atoms with E-state index in [1.807, 2.05) is 6.07 Å². The molecule has 148 valence electrons. The van der Waals surface area contributed by atoms with Gasteiger partial charge in [-0.15, -0.1) is 0 Å². The number of para-hydroxylation sites is 2. The maximum atomic E-state index is 12.4. The molecule has 0 spiro atoms. The number of anilines is 2. The van der Waals surface area contributed by atoms with Crippen molar-refractivity contribution in [1.29, 1.82) is 0 Å². The van der Waals surface area contributed by atoms with Gasteiger partial charge in [-0.2, -0.15) is 0 Å². The van der Waals surface area contributed by atoms with Crippen LogP contribution in [0.25, 0.3) is 0 Å². The van der Waals surface area contributed by atoms with Gasteiger partial charge in [0, 0.05) is 11.4 Å². The summed E-state index contributed by atoms with van der Waals surface area (Å²) in [6, 6.07) is 22.5. The highest BCUT2D eigenvalue weighted by atomic mass is 32.2. The highest BCUT2D eigenvalue weighted by Crippen LogP contribution is 2.16. The number of benzene rings is 3. The zero-order valence-corrected chi connectivity index (χ0v) is 16.1. The SMILES string of the molecule is O=C(COC(=O)c1ccc(S(=O)(=O)Nc2ccccc2)cc1)Nc1ccccc1. The van der Waals surface area contributed by atoms with E-state index in [0.717, 1.165) is 0 Å². The number of amides is 1. The molecule has 3 aromatic rings. The predicted molar refractivity (Wildman–Crippen MR) is 109 cm³/mol. The van der Waals surface area contributed by atoms with Crippen molar-refractivity contribution in [2.45, 2.75) is 4.90 Å². The highest BCUT2D eigenvalue weighted by molar-refractivity contribution is 7.92. The highest BCUT2D eigenvalue weighted by Gasteiger charge is 2.16. The van der Waals surface area contributed by atoms with E-state index >= 15 is 0 Å². The Morgan fingerprint density at radius 1 is 0.759 bits per heavy atom.